The SMILES string of the molecule is C=Cc1c(/C=C\C)[nH]c2c1ccc1ccccc12. The molecule has 3 aromatic rings. The summed E-state index contributed by atoms with van der Waals surface area (Å²) in [6, 6.07) is 12.8. The second kappa shape index (κ2) is 4.19. The van der Waals surface area contributed by atoms with Crippen molar-refractivity contribution < 1.29 is 0 Å². The standard InChI is InChI=1S/C17H15N/c1-3-7-16-13(4-2)15-11-10-12-8-5-6-9-14(12)17(15)18-16/h3-11,18H,2H2,1H3/b7-3-. The molecule has 1 nitrogen and oxygen atoms in total. The highest BCUT2D eigenvalue weighted by Gasteiger charge is 2.08. The molecule has 0 aliphatic carbocycles. The lowest BCUT2D eigenvalue weighted by molar-refractivity contribution is 1.43. The van der Waals surface area contributed by atoms with Gasteiger partial charge in [0.2, 0.25) is 0 Å². The van der Waals surface area contributed by atoms with Gasteiger partial charge in [0.05, 0.1) is 5.52 Å². The number of aromatic nitrogens is 1. The lowest BCUT2D eigenvalue weighted by atomic mass is 10.0. The van der Waals surface area contributed by atoms with Gasteiger partial charge in [-0.15, -0.1) is 0 Å². The van der Waals surface area contributed by atoms with Crippen LogP contribution in [0.2, 0.25) is 0 Å². The fourth-order valence-corrected chi connectivity index (χ4v) is 2.50. The van der Waals surface area contributed by atoms with Crippen LogP contribution in [0.5, 0.6) is 0 Å². The van der Waals surface area contributed by atoms with E-state index in [-0.39, 0.29) is 0 Å². The van der Waals surface area contributed by atoms with E-state index in [9.17, 15) is 0 Å². The first-order chi connectivity index (χ1) is 8.85. The van der Waals surface area contributed by atoms with Crippen LogP contribution in [-0.4, -0.2) is 4.98 Å². The maximum atomic E-state index is 3.92. The van der Waals surface area contributed by atoms with Crippen LogP contribution in [0, 0.1) is 0 Å². The highest BCUT2D eigenvalue weighted by atomic mass is 14.7. The first-order valence-electron chi connectivity index (χ1n) is 6.13. The number of fused-ring (bicyclic) bond motifs is 3. The molecule has 0 radical (unpaired) electrons. The van der Waals surface area contributed by atoms with Crippen LogP contribution in [0.1, 0.15) is 18.2 Å². The molecule has 1 aromatic heterocycles. The topological polar surface area (TPSA) is 15.8 Å². The number of benzene rings is 2. The summed E-state index contributed by atoms with van der Waals surface area (Å²) < 4.78 is 0. The third kappa shape index (κ3) is 1.48. The van der Waals surface area contributed by atoms with Gasteiger partial charge in [-0.3, -0.25) is 0 Å². The number of H-pyrrole nitrogens is 1. The van der Waals surface area contributed by atoms with Crippen LogP contribution in [0.25, 0.3) is 33.8 Å². The Labute approximate surface area is 106 Å². The fraction of sp³-hybridized carbons (Fsp3) is 0.0588. The Balaban J connectivity index is 2.48. The Bertz CT molecular complexity index is 760. The van der Waals surface area contributed by atoms with E-state index < -0.39 is 0 Å². The summed E-state index contributed by atoms with van der Waals surface area (Å²) in [5.74, 6) is 0. The molecular weight excluding hydrogens is 218 g/mol. The largest absolute Gasteiger partial charge is 0.354 e. The fourth-order valence-electron chi connectivity index (χ4n) is 2.50. The quantitative estimate of drug-likeness (QED) is 0.641. The number of hydrogen-bond acceptors (Lipinski definition) is 0. The summed E-state index contributed by atoms with van der Waals surface area (Å²) in [5, 5.41) is 3.75. The molecule has 0 bridgehead atoms. The molecular formula is C17H15N. The van der Waals surface area contributed by atoms with Crippen LogP contribution in [0.3, 0.4) is 0 Å². The van der Waals surface area contributed by atoms with Gasteiger partial charge in [-0.2, -0.15) is 0 Å². The first kappa shape index (κ1) is 10.8. The number of allylic oxidation sites excluding steroid dienone is 1. The van der Waals surface area contributed by atoms with Crippen molar-refractivity contribution in [1.82, 2.24) is 4.98 Å². The molecule has 1 heteroatoms. The number of aromatic amines is 1. The Morgan fingerprint density at radius 1 is 1.06 bits per heavy atom. The molecule has 0 aliphatic rings. The van der Waals surface area contributed by atoms with E-state index in [1.54, 1.807) is 0 Å². The minimum absolute atomic E-state index is 1.12. The summed E-state index contributed by atoms with van der Waals surface area (Å²) in [5.41, 5.74) is 3.49. The molecule has 0 saturated heterocycles. The van der Waals surface area contributed by atoms with Gasteiger partial charge in [0.25, 0.3) is 0 Å². The molecule has 3 rings (SSSR count). The molecule has 2 aromatic carbocycles. The summed E-state index contributed by atoms with van der Waals surface area (Å²) in [4.78, 5) is 3.50. The molecule has 0 unspecified atom stereocenters. The molecule has 1 heterocycles. The number of nitrogens with one attached hydrogen (secondary N) is 1. The molecule has 88 valence electrons. The Morgan fingerprint density at radius 2 is 1.89 bits per heavy atom. The minimum Gasteiger partial charge on any atom is -0.354 e. The highest BCUT2D eigenvalue weighted by molar-refractivity contribution is 6.09. The van der Waals surface area contributed by atoms with E-state index in [1.807, 2.05) is 19.1 Å². The van der Waals surface area contributed by atoms with Gasteiger partial charge < -0.3 is 4.98 Å². The van der Waals surface area contributed by atoms with Crippen molar-refractivity contribution in [3.05, 3.63) is 60.3 Å². The van der Waals surface area contributed by atoms with E-state index in [0.717, 1.165) is 5.69 Å². The van der Waals surface area contributed by atoms with Crippen LogP contribution in [0.15, 0.2) is 49.1 Å². The van der Waals surface area contributed by atoms with Crippen LogP contribution >= 0.6 is 0 Å². The minimum atomic E-state index is 1.12. The van der Waals surface area contributed by atoms with E-state index in [1.165, 1.54) is 27.2 Å². The Morgan fingerprint density at radius 3 is 2.67 bits per heavy atom. The van der Waals surface area contributed by atoms with Gasteiger partial charge >= 0.3 is 0 Å². The van der Waals surface area contributed by atoms with Gasteiger partial charge in [-0.1, -0.05) is 55.1 Å². The van der Waals surface area contributed by atoms with E-state index in [0.29, 0.717) is 0 Å². The van der Waals surface area contributed by atoms with Crippen LogP contribution in [0.4, 0.5) is 0 Å². The number of rotatable bonds is 2. The average molecular weight is 233 g/mol. The van der Waals surface area contributed by atoms with Gasteiger partial charge in [-0.05, 0) is 18.4 Å². The summed E-state index contributed by atoms with van der Waals surface area (Å²) in [7, 11) is 0. The summed E-state index contributed by atoms with van der Waals surface area (Å²) in [6.07, 6.45) is 6.05. The highest BCUT2D eigenvalue weighted by Crippen LogP contribution is 2.30. The second-order valence-corrected chi connectivity index (χ2v) is 4.37. The number of hydrogen-bond donors (Lipinski definition) is 1. The summed E-state index contributed by atoms with van der Waals surface area (Å²) >= 11 is 0. The maximum Gasteiger partial charge on any atom is 0.0544 e. The second-order valence-electron chi connectivity index (χ2n) is 4.37. The van der Waals surface area contributed by atoms with E-state index >= 15 is 0 Å². The van der Waals surface area contributed by atoms with Crippen LogP contribution < -0.4 is 0 Å². The van der Waals surface area contributed by atoms with Crippen LogP contribution in [-0.2, 0) is 0 Å². The predicted molar refractivity (Wildman–Crippen MR) is 80.6 cm³/mol. The summed E-state index contributed by atoms with van der Waals surface area (Å²) in [6.45, 7) is 5.95. The zero-order valence-corrected chi connectivity index (χ0v) is 10.4. The van der Waals surface area contributed by atoms with Gasteiger partial charge in [0, 0.05) is 22.0 Å². The van der Waals surface area contributed by atoms with Crippen molar-refractivity contribution in [2.45, 2.75) is 6.92 Å². The molecule has 18 heavy (non-hydrogen) atoms. The van der Waals surface area contributed by atoms with Crippen molar-refractivity contribution in [2.75, 3.05) is 0 Å². The predicted octanol–water partition coefficient (Wildman–Crippen LogP) is 5.00. The Kier molecular flexibility index (Phi) is 2.52. The van der Waals surface area contributed by atoms with Crippen molar-refractivity contribution in [2.24, 2.45) is 0 Å². The lowest BCUT2D eigenvalue weighted by Crippen LogP contribution is -1.74. The van der Waals surface area contributed by atoms with Crippen molar-refractivity contribution in [1.29, 1.82) is 0 Å². The molecule has 0 atom stereocenters. The third-order valence-electron chi connectivity index (χ3n) is 3.31. The first-order valence-corrected chi connectivity index (χ1v) is 6.13. The zero-order chi connectivity index (χ0) is 12.5. The lowest BCUT2D eigenvalue weighted by Gasteiger charge is -1.99. The molecule has 0 aliphatic heterocycles. The molecule has 1 N–H and O–H groups in total. The average Bonchev–Trinajstić information content (AvgIpc) is 2.77. The van der Waals surface area contributed by atoms with Crippen molar-refractivity contribution >= 4 is 33.8 Å². The third-order valence-corrected chi connectivity index (χ3v) is 3.31. The van der Waals surface area contributed by atoms with Crippen molar-refractivity contribution in [3.8, 4) is 0 Å². The smallest absolute Gasteiger partial charge is 0.0544 e. The van der Waals surface area contributed by atoms with E-state index in [2.05, 4.69) is 54.0 Å². The van der Waals surface area contributed by atoms with Crippen molar-refractivity contribution in [3.63, 3.8) is 0 Å². The molecule has 0 fully saturated rings. The Hall–Kier alpha value is -2.28. The van der Waals surface area contributed by atoms with Gasteiger partial charge in [0.15, 0.2) is 0 Å². The molecule has 0 amide bonds. The normalized spacial score (nSPS) is 11.6. The molecule has 0 saturated carbocycles. The monoisotopic (exact) mass is 233 g/mol. The van der Waals surface area contributed by atoms with Gasteiger partial charge in [-0.25, -0.2) is 0 Å². The molecule has 0 spiro atoms. The van der Waals surface area contributed by atoms with Gasteiger partial charge in [0.1, 0.15) is 0 Å². The zero-order valence-electron chi connectivity index (χ0n) is 10.4. The van der Waals surface area contributed by atoms with E-state index in [4.69, 9.17) is 0 Å². The maximum absolute atomic E-state index is 3.92.